The Bertz CT molecular complexity index is 644. The van der Waals surface area contributed by atoms with Crippen LogP contribution in [0.4, 0.5) is 5.69 Å². The van der Waals surface area contributed by atoms with Gasteiger partial charge in [-0.2, -0.15) is 5.10 Å². The summed E-state index contributed by atoms with van der Waals surface area (Å²) < 4.78 is 1.72. The number of aromatic nitrogens is 3. The Morgan fingerprint density at radius 3 is 2.90 bits per heavy atom. The van der Waals surface area contributed by atoms with Gasteiger partial charge in [-0.25, -0.2) is 4.98 Å². The van der Waals surface area contributed by atoms with Crippen LogP contribution < -0.4 is 11.1 Å². The molecule has 0 saturated carbocycles. The number of nitrogens with zero attached hydrogens (tertiary/aromatic N) is 3. The number of amides is 1. The number of fused-ring (bicyclic) bond motifs is 1. The van der Waals surface area contributed by atoms with Crippen LogP contribution in [0.15, 0.2) is 12.3 Å². The SMILES string of the molecule is CCCC(C)(N)C(=O)Nc1cnc2c(c1)c(C)nn2C. The highest BCUT2D eigenvalue weighted by molar-refractivity contribution is 5.98. The zero-order valence-electron chi connectivity index (χ0n) is 12.4. The van der Waals surface area contributed by atoms with E-state index in [1.165, 1.54) is 0 Å². The summed E-state index contributed by atoms with van der Waals surface area (Å²) >= 11 is 0. The monoisotopic (exact) mass is 275 g/mol. The third-order valence-electron chi connectivity index (χ3n) is 3.41. The Hall–Kier alpha value is -1.95. The number of carbonyl (C=O) groups excluding carboxylic acids is 1. The lowest BCUT2D eigenvalue weighted by atomic mass is 9.96. The number of nitrogens with two attached hydrogens (primary N) is 1. The predicted molar refractivity (Wildman–Crippen MR) is 79.4 cm³/mol. The minimum Gasteiger partial charge on any atom is -0.323 e. The van der Waals surface area contributed by atoms with Gasteiger partial charge in [0.1, 0.15) is 0 Å². The molecule has 6 nitrogen and oxygen atoms in total. The predicted octanol–water partition coefficient (Wildman–Crippen LogP) is 1.73. The molecule has 0 aliphatic rings. The van der Waals surface area contributed by atoms with Gasteiger partial charge in [-0.05, 0) is 26.3 Å². The maximum Gasteiger partial charge on any atom is 0.244 e. The van der Waals surface area contributed by atoms with Gasteiger partial charge in [0.2, 0.25) is 5.91 Å². The second kappa shape index (κ2) is 5.20. The molecule has 2 heterocycles. The quantitative estimate of drug-likeness (QED) is 0.889. The van der Waals surface area contributed by atoms with E-state index in [0.29, 0.717) is 12.1 Å². The molecule has 2 aromatic rings. The van der Waals surface area contributed by atoms with E-state index in [1.807, 2.05) is 27.0 Å². The molecule has 0 spiro atoms. The summed E-state index contributed by atoms with van der Waals surface area (Å²) in [6.45, 7) is 5.66. The van der Waals surface area contributed by atoms with Gasteiger partial charge < -0.3 is 11.1 Å². The van der Waals surface area contributed by atoms with Crippen molar-refractivity contribution in [3.8, 4) is 0 Å². The first-order valence-corrected chi connectivity index (χ1v) is 6.75. The van der Waals surface area contributed by atoms with Crippen molar-refractivity contribution in [2.75, 3.05) is 5.32 Å². The van der Waals surface area contributed by atoms with Crippen molar-refractivity contribution in [3.63, 3.8) is 0 Å². The van der Waals surface area contributed by atoms with Gasteiger partial charge in [-0.3, -0.25) is 9.48 Å². The van der Waals surface area contributed by atoms with Crippen LogP contribution in [0.25, 0.3) is 11.0 Å². The molecule has 1 unspecified atom stereocenters. The van der Waals surface area contributed by atoms with Crippen molar-refractivity contribution in [1.82, 2.24) is 14.8 Å². The third-order valence-corrected chi connectivity index (χ3v) is 3.41. The van der Waals surface area contributed by atoms with Gasteiger partial charge in [0.25, 0.3) is 0 Å². The van der Waals surface area contributed by atoms with Crippen LogP contribution in [0, 0.1) is 6.92 Å². The zero-order chi connectivity index (χ0) is 14.9. The fourth-order valence-electron chi connectivity index (χ4n) is 2.28. The first kappa shape index (κ1) is 14.5. The van der Waals surface area contributed by atoms with Crippen molar-refractivity contribution in [2.45, 2.75) is 39.2 Å². The Morgan fingerprint density at radius 2 is 2.25 bits per heavy atom. The van der Waals surface area contributed by atoms with Crippen molar-refractivity contribution in [2.24, 2.45) is 12.8 Å². The molecule has 0 fully saturated rings. The number of hydrogen-bond donors (Lipinski definition) is 2. The molecule has 0 aliphatic heterocycles. The molecule has 2 aromatic heterocycles. The van der Waals surface area contributed by atoms with Gasteiger partial charge >= 0.3 is 0 Å². The molecule has 6 heteroatoms. The lowest BCUT2D eigenvalue weighted by Gasteiger charge is -2.22. The van der Waals surface area contributed by atoms with Crippen LogP contribution in [-0.4, -0.2) is 26.2 Å². The largest absolute Gasteiger partial charge is 0.323 e. The van der Waals surface area contributed by atoms with Crippen LogP contribution in [-0.2, 0) is 11.8 Å². The first-order valence-electron chi connectivity index (χ1n) is 6.75. The van der Waals surface area contributed by atoms with E-state index >= 15 is 0 Å². The van der Waals surface area contributed by atoms with Gasteiger partial charge in [0.15, 0.2) is 5.65 Å². The minimum atomic E-state index is -0.867. The molecule has 1 atom stereocenters. The molecular formula is C14H21N5O. The molecule has 0 bridgehead atoms. The number of hydrogen-bond acceptors (Lipinski definition) is 4. The number of carbonyl (C=O) groups is 1. The average Bonchev–Trinajstić information content (AvgIpc) is 2.64. The van der Waals surface area contributed by atoms with Crippen molar-refractivity contribution >= 4 is 22.6 Å². The summed E-state index contributed by atoms with van der Waals surface area (Å²) in [6, 6.07) is 1.88. The number of pyridine rings is 1. The minimum absolute atomic E-state index is 0.193. The van der Waals surface area contributed by atoms with Gasteiger partial charge in [0.05, 0.1) is 23.1 Å². The van der Waals surface area contributed by atoms with Crippen LogP contribution in [0.2, 0.25) is 0 Å². The molecule has 3 N–H and O–H groups in total. The second-order valence-electron chi connectivity index (χ2n) is 5.43. The number of nitrogens with one attached hydrogen (secondary N) is 1. The molecule has 0 radical (unpaired) electrons. The highest BCUT2D eigenvalue weighted by atomic mass is 16.2. The topological polar surface area (TPSA) is 85.8 Å². The molecule has 20 heavy (non-hydrogen) atoms. The molecule has 1 amide bonds. The third kappa shape index (κ3) is 2.65. The van der Waals surface area contributed by atoms with E-state index in [1.54, 1.807) is 17.8 Å². The molecule has 0 aromatic carbocycles. The fraction of sp³-hybridized carbons (Fsp3) is 0.500. The second-order valence-corrected chi connectivity index (χ2v) is 5.43. The van der Waals surface area contributed by atoms with E-state index in [-0.39, 0.29) is 5.91 Å². The standard InChI is InChI=1S/C14H21N5O/c1-5-6-14(3,15)13(20)17-10-7-11-9(2)18-19(4)12(11)16-8-10/h7-8H,5-6,15H2,1-4H3,(H,17,20). The summed E-state index contributed by atoms with van der Waals surface area (Å²) in [7, 11) is 1.85. The first-order chi connectivity index (χ1) is 9.35. The number of aryl methyl sites for hydroxylation is 2. The van der Waals surface area contributed by atoms with E-state index < -0.39 is 5.54 Å². The normalized spacial score (nSPS) is 14.2. The summed E-state index contributed by atoms with van der Waals surface area (Å²) in [5.74, 6) is -0.193. The molecular weight excluding hydrogens is 254 g/mol. The van der Waals surface area contributed by atoms with Crippen LogP contribution in [0.3, 0.4) is 0 Å². The Morgan fingerprint density at radius 1 is 1.55 bits per heavy atom. The van der Waals surface area contributed by atoms with E-state index in [2.05, 4.69) is 15.4 Å². The highest BCUT2D eigenvalue weighted by Crippen LogP contribution is 2.20. The van der Waals surface area contributed by atoms with Crippen molar-refractivity contribution in [3.05, 3.63) is 18.0 Å². The summed E-state index contributed by atoms with van der Waals surface area (Å²) in [4.78, 5) is 16.5. The summed E-state index contributed by atoms with van der Waals surface area (Å²) in [6.07, 6.45) is 3.13. The van der Waals surface area contributed by atoms with Crippen molar-refractivity contribution < 1.29 is 4.79 Å². The Labute approximate surface area is 118 Å². The van der Waals surface area contributed by atoms with E-state index in [4.69, 9.17) is 5.73 Å². The summed E-state index contributed by atoms with van der Waals surface area (Å²) in [5.41, 5.74) is 7.47. The lowest BCUT2D eigenvalue weighted by Crippen LogP contribution is -2.48. The highest BCUT2D eigenvalue weighted by Gasteiger charge is 2.27. The van der Waals surface area contributed by atoms with Gasteiger partial charge in [0, 0.05) is 12.4 Å². The number of anilines is 1. The Balaban J connectivity index is 2.26. The average molecular weight is 275 g/mol. The van der Waals surface area contributed by atoms with E-state index in [0.717, 1.165) is 23.1 Å². The summed E-state index contributed by atoms with van der Waals surface area (Å²) in [5, 5.41) is 8.07. The molecule has 2 rings (SSSR count). The molecule has 0 saturated heterocycles. The van der Waals surface area contributed by atoms with Crippen LogP contribution in [0.5, 0.6) is 0 Å². The zero-order valence-corrected chi connectivity index (χ0v) is 12.4. The van der Waals surface area contributed by atoms with E-state index in [9.17, 15) is 4.79 Å². The van der Waals surface area contributed by atoms with Crippen LogP contribution in [0.1, 0.15) is 32.4 Å². The maximum absolute atomic E-state index is 12.2. The fourth-order valence-corrected chi connectivity index (χ4v) is 2.28. The van der Waals surface area contributed by atoms with Gasteiger partial charge in [-0.1, -0.05) is 13.3 Å². The maximum atomic E-state index is 12.2. The molecule has 0 aliphatic carbocycles. The molecule has 108 valence electrons. The van der Waals surface area contributed by atoms with Crippen LogP contribution >= 0.6 is 0 Å². The smallest absolute Gasteiger partial charge is 0.244 e. The van der Waals surface area contributed by atoms with Crippen molar-refractivity contribution in [1.29, 1.82) is 0 Å². The van der Waals surface area contributed by atoms with Gasteiger partial charge in [-0.15, -0.1) is 0 Å². The number of rotatable bonds is 4. The lowest BCUT2D eigenvalue weighted by molar-refractivity contribution is -0.120. The Kier molecular flexibility index (Phi) is 3.76.